The van der Waals surface area contributed by atoms with E-state index in [0.29, 0.717) is 25.2 Å². The van der Waals surface area contributed by atoms with Crippen LogP contribution in [0.25, 0.3) is 0 Å². The van der Waals surface area contributed by atoms with Crippen LogP contribution in [-0.4, -0.2) is 41.8 Å². The number of carbonyl (C=O) groups excluding carboxylic acids is 2. The summed E-state index contributed by atoms with van der Waals surface area (Å²) in [5.74, 6) is -0.313. The highest BCUT2D eigenvalue weighted by Crippen LogP contribution is 2.31. The first kappa shape index (κ1) is 14.6. The molecular formula is C13H17ClN4O2. The monoisotopic (exact) mass is 296 g/mol. The van der Waals surface area contributed by atoms with Crippen molar-refractivity contribution in [3.63, 3.8) is 0 Å². The van der Waals surface area contributed by atoms with Gasteiger partial charge < -0.3 is 16.0 Å². The van der Waals surface area contributed by atoms with Crippen molar-refractivity contribution >= 4 is 29.1 Å². The molecule has 0 saturated carbocycles. The number of nitrogens with one attached hydrogen (secondary N) is 1. The van der Waals surface area contributed by atoms with Crippen molar-refractivity contribution in [1.29, 1.82) is 0 Å². The number of hydrogen-bond donors (Lipinski definition) is 2. The van der Waals surface area contributed by atoms with E-state index in [2.05, 4.69) is 10.3 Å². The molecule has 6 nitrogen and oxygen atoms in total. The van der Waals surface area contributed by atoms with E-state index in [9.17, 15) is 9.59 Å². The Hall–Kier alpha value is -1.82. The van der Waals surface area contributed by atoms with Gasteiger partial charge in [0.15, 0.2) is 0 Å². The number of aromatic nitrogens is 1. The number of likely N-dealkylation sites (tertiary alicyclic amines) is 1. The lowest BCUT2D eigenvalue weighted by molar-refractivity contribution is -0.128. The first-order valence-electron chi connectivity index (χ1n) is 6.30. The number of carbonyl (C=O) groups is 2. The summed E-state index contributed by atoms with van der Waals surface area (Å²) in [4.78, 5) is 29.8. The highest BCUT2D eigenvalue weighted by Gasteiger charge is 2.42. The molecule has 0 aromatic carbocycles. The molecule has 1 atom stereocenters. The van der Waals surface area contributed by atoms with Crippen LogP contribution in [0.2, 0.25) is 5.15 Å². The molecular weight excluding hydrogens is 280 g/mol. The maximum atomic E-state index is 12.4. The van der Waals surface area contributed by atoms with E-state index in [1.807, 2.05) is 6.92 Å². The normalized spacial score (nSPS) is 21.9. The Morgan fingerprint density at radius 2 is 2.25 bits per heavy atom. The van der Waals surface area contributed by atoms with Crippen LogP contribution in [-0.2, 0) is 4.79 Å². The first-order valence-corrected chi connectivity index (χ1v) is 6.67. The van der Waals surface area contributed by atoms with E-state index in [4.69, 9.17) is 17.3 Å². The third kappa shape index (κ3) is 2.56. The summed E-state index contributed by atoms with van der Waals surface area (Å²) in [6.07, 6.45) is 2.02. The second-order valence-corrected chi connectivity index (χ2v) is 5.58. The lowest BCUT2D eigenvalue weighted by Crippen LogP contribution is -2.40. The fraction of sp³-hybridized carbons (Fsp3) is 0.462. The van der Waals surface area contributed by atoms with Gasteiger partial charge in [-0.1, -0.05) is 11.6 Å². The summed E-state index contributed by atoms with van der Waals surface area (Å²) in [7, 11) is 1.59. The first-order chi connectivity index (χ1) is 9.37. The standard InChI is InChI=1S/C13H17ClN4O2/c1-13(12(20)16-2)3-4-18(7-13)11(19)9-5-8(15)6-17-10(9)14/h5-6H,3-4,7,15H2,1-2H3,(H,16,20). The fourth-order valence-electron chi connectivity index (χ4n) is 2.41. The van der Waals surface area contributed by atoms with Crippen LogP contribution in [0.5, 0.6) is 0 Å². The van der Waals surface area contributed by atoms with E-state index in [-0.39, 0.29) is 22.5 Å². The van der Waals surface area contributed by atoms with Crippen LogP contribution in [0.3, 0.4) is 0 Å². The Morgan fingerprint density at radius 1 is 1.55 bits per heavy atom. The van der Waals surface area contributed by atoms with Gasteiger partial charge in [0.2, 0.25) is 5.91 Å². The van der Waals surface area contributed by atoms with Gasteiger partial charge in [0.05, 0.1) is 22.9 Å². The molecule has 1 saturated heterocycles. The molecule has 0 radical (unpaired) electrons. The molecule has 0 bridgehead atoms. The minimum Gasteiger partial charge on any atom is -0.397 e. The number of hydrogen-bond acceptors (Lipinski definition) is 4. The largest absolute Gasteiger partial charge is 0.397 e. The Bertz CT molecular complexity index is 563. The topological polar surface area (TPSA) is 88.3 Å². The van der Waals surface area contributed by atoms with E-state index < -0.39 is 5.41 Å². The molecule has 7 heteroatoms. The van der Waals surface area contributed by atoms with Gasteiger partial charge in [-0.3, -0.25) is 9.59 Å². The van der Waals surface area contributed by atoms with Crippen molar-refractivity contribution in [3.05, 3.63) is 23.0 Å². The molecule has 2 amide bonds. The average Bonchev–Trinajstić information content (AvgIpc) is 2.83. The molecule has 2 rings (SSSR count). The molecule has 0 spiro atoms. The highest BCUT2D eigenvalue weighted by molar-refractivity contribution is 6.32. The minimum absolute atomic E-state index is 0.0652. The number of nitrogen functional groups attached to an aromatic ring is 1. The second kappa shape index (κ2) is 5.28. The molecule has 2 heterocycles. The van der Waals surface area contributed by atoms with E-state index in [0.717, 1.165) is 0 Å². The summed E-state index contributed by atoms with van der Waals surface area (Å²) in [5.41, 5.74) is 5.72. The van der Waals surface area contributed by atoms with Gasteiger partial charge in [-0.25, -0.2) is 4.98 Å². The second-order valence-electron chi connectivity index (χ2n) is 5.22. The van der Waals surface area contributed by atoms with Crippen molar-refractivity contribution in [2.45, 2.75) is 13.3 Å². The molecule has 1 aromatic rings. The zero-order valence-corrected chi connectivity index (χ0v) is 12.2. The summed E-state index contributed by atoms with van der Waals surface area (Å²) < 4.78 is 0. The Kier molecular flexibility index (Phi) is 3.85. The number of nitrogens with zero attached hydrogens (tertiary/aromatic N) is 2. The van der Waals surface area contributed by atoms with Crippen molar-refractivity contribution in [3.8, 4) is 0 Å². The van der Waals surface area contributed by atoms with Crippen molar-refractivity contribution in [2.75, 3.05) is 25.9 Å². The number of halogens is 1. The molecule has 3 N–H and O–H groups in total. The molecule has 1 unspecified atom stereocenters. The van der Waals surface area contributed by atoms with Crippen LogP contribution in [0.4, 0.5) is 5.69 Å². The molecule has 1 aliphatic rings. The summed E-state index contributed by atoms with van der Waals surface area (Å²) in [6.45, 7) is 2.71. The third-order valence-corrected chi connectivity index (χ3v) is 3.93. The van der Waals surface area contributed by atoms with Crippen LogP contribution in [0.15, 0.2) is 12.3 Å². The number of anilines is 1. The SMILES string of the molecule is CNC(=O)C1(C)CCN(C(=O)c2cc(N)cnc2Cl)C1. The predicted molar refractivity (Wildman–Crippen MR) is 76.4 cm³/mol. The zero-order chi connectivity index (χ0) is 14.9. The Balaban J connectivity index is 2.20. The van der Waals surface area contributed by atoms with E-state index in [1.54, 1.807) is 11.9 Å². The maximum Gasteiger partial charge on any atom is 0.257 e. The summed E-state index contributed by atoms with van der Waals surface area (Å²) in [5, 5.41) is 2.75. The highest BCUT2D eigenvalue weighted by atomic mass is 35.5. The summed E-state index contributed by atoms with van der Waals surface area (Å²) in [6, 6.07) is 1.51. The van der Waals surface area contributed by atoms with Crippen LogP contribution in [0.1, 0.15) is 23.7 Å². The smallest absolute Gasteiger partial charge is 0.257 e. The molecule has 20 heavy (non-hydrogen) atoms. The molecule has 1 aliphatic heterocycles. The lowest BCUT2D eigenvalue weighted by Gasteiger charge is -2.23. The fourth-order valence-corrected chi connectivity index (χ4v) is 2.59. The maximum absolute atomic E-state index is 12.4. The van der Waals surface area contributed by atoms with Crippen molar-refractivity contribution < 1.29 is 9.59 Å². The van der Waals surface area contributed by atoms with Crippen LogP contribution >= 0.6 is 11.6 Å². The van der Waals surface area contributed by atoms with Crippen molar-refractivity contribution in [1.82, 2.24) is 15.2 Å². The van der Waals surface area contributed by atoms with Gasteiger partial charge in [0.25, 0.3) is 5.91 Å². The van der Waals surface area contributed by atoms with Gasteiger partial charge in [0.1, 0.15) is 5.15 Å². The van der Waals surface area contributed by atoms with Gasteiger partial charge in [-0.05, 0) is 19.4 Å². The Labute approximate surface area is 122 Å². The number of pyridine rings is 1. The predicted octanol–water partition coefficient (Wildman–Crippen LogP) is 0.915. The average molecular weight is 297 g/mol. The van der Waals surface area contributed by atoms with Crippen LogP contribution in [0, 0.1) is 5.41 Å². The van der Waals surface area contributed by atoms with E-state index in [1.165, 1.54) is 12.3 Å². The molecule has 108 valence electrons. The number of amides is 2. The van der Waals surface area contributed by atoms with Gasteiger partial charge in [-0.2, -0.15) is 0 Å². The number of rotatable bonds is 2. The zero-order valence-electron chi connectivity index (χ0n) is 11.4. The van der Waals surface area contributed by atoms with Gasteiger partial charge in [0, 0.05) is 20.1 Å². The van der Waals surface area contributed by atoms with Gasteiger partial charge in [-0.15, -0.1) is 0 Å². The lowest BCUT2D eigenvalue weighted by atomic mass is 9.89. The summed E-state index contributed by atoms with van der Waals surface area (Å²) >= 11 is 5.94. The van der Waals surface area contributed by atoms with Crippen molar-refractivity contribution in [2.24, 2.45) is 5.41 Å². The Morgan fingerprint density at radius 3 is 2.90 bits per heavy atom. The number of nitrogens with two attached hydrogens (primary N) is 1. The van der Waals surface area contributed by atoms with Gasteiger partial charge >= 0.3 is 0 Å². The van der Waals surface area contributed by atoms with Crippen LogP contribution < -0.4 is 11.1 Å². The molecule has 0 aliphatic carbocycles. The quantitative estimate of drug-likeness (QED) is 0.794. The van der Waals surface area contributed by atoms with E-state index >= 15 is 0 Å². The minimum atomic E-state index is -0.565. The molecule has 1 aromatic heterocycles. The third-order valence-electron chi connectivity index (χ3n) is 3.63. The molecule has 1 fully saturated rings.